The second-order valence-corrected chi connectivity index (χ2v) is 8.85. The fraction of sp³-hybridized carbons (Fsp3) is 0.357. The highest BCUT2D eigenvalue weighted by atomic mass is 16.6. The molecule has 3 aromatic rings. The number of piperazine rings is 1. The number of nitrogens with zero attached hydrogens (tertiary/aromatic N) is 3. The van der Waals surface area contributed by atoms with Crippen molar-refractivity contribution in [3.63, 3.8) is 0 Å². The number of hydrogen-bond acceptors (Lipinski definition) is 7. The second-order valence-electron chi connectivity index (χ2n) is 8.85. The minimum absolute atomic E-state index is 0.0272. The van der Waals surface area contributed by atoms with Crippen molar-refractivity contribution >= 4 is 28.8 Å². The van der Waals surface area contributed by atoms with Gasteiger partial charge in [-0.1, -0.05) is 42.5 Å². The smallest absolute Gasteiger partial charge is 0.409 e. The lowest BCUT2D eigenvalue weighted by Crippen LogP contribution is -2.52. The molecule has 0 radical (unpaired) electrons. The van der Waals surface area contributed by atoms with E-state index in [0.29, 0.717) is 37.1 Å². The van der Waals surface area contributed by atoms with Crippen LogP contribution in [0.3, 0.4) is 0 Å². The van der Waals surface area contributed by atoms with E-state index in [2.05, 4.69) is 0 Å². The van der Waals surface area contributed by atoms with Crippen molar-refractivity contribution in [3.8, 4) is 5.75 Å². The number of nitrogens with two attached hydrogens (primary N) is 1. The summed E-state index contributed by atoms with van der Waals surface area (Å²) in [7, 11) is 1.45. The molecule has 1 aliphatic rings. The van der Waals surface area contributed by atoms with E-state index < -0.39 is 17.9 Å². The molecule has 200 valence electrons. The third-order valence-electron chi connectivity index (χ3n) is 6.46. The number of aromatic nitrogens is 1. The normalized spacial score (nSPS) is 14.3. The summed E-state index contributed by atoms with van der Waals surface area (Å²) in [4.78, 5) is 46.7. The standard InChI is InChI=1S/C28H32N4O6/c1-3-38-28(35)32-15-13-31(14-16-32)27(34)21(18-37-17-19-9-5-4-6-10-19)24-23(26(29)33)25(36-2)20-11-7-8-12-22(20)30-24/h4-12,21H,3,13-18H2,1-2H3,(H2,29,33). The van der Waals surface area contributed by atoms with Gasteiger partial charge in [-0.3, -0.25) is 14.6 Å². The first-order valence-corrected chi connectivity index (χ1v) is 12.5. The van der Waals surface area contributed by atoms with E-state index in [0.717, 1.165) is 5.56 Å². The number of carbonyl (C=O) groups is 3. The summed E-state index contributed by atoms with van der Waals surface area (Å²) in [5, 5.41) is 0.618. The van der Waals surface area contributed by atoms with Crippen molar-refractivity contribution in [2.24, 2.45) is 5.73 Å². The van der Waals surface area contributed by atoms with E-state index in [4.69, 9.17) is 24.9 Å². The summed E-state index contributed by atoms with van der Waals surface area (Å²) in [5.41, 5.74) is 7.59. The number of primary amides is 1. The second kappa shape index (κ2) is 12.4. The Morgan fingerprint density at radius 2 is 1.63 bits per heavy atom. The van der Waals surface area contributed by atoms with Crippen LogP contribution in [0.2, 0.25) is 0 Å². The van der Waals surface area contributed by atoms with Gasteiger partial charge in [0.25, 0.3) is 5.91 Å². The quantitative estimate of drug-likeness (QED) is 0.460. The zero-order valence-electron chi connectivity index (χ0n) is 21.6. The van der Waals surface area contributed by atoms with Gasteiger partial charge in [0.1, 0.15) is 17.2 Å². The number of para-hydroxylation sites is 1. The van der Waals surface area contributed by atoms with E-state index in [-0.39, 0.29) is 42.7 Å². The molecule has 10 heteroatoms. The van der Waals surface area contributed by atoms with E-state index in [1.54, 1.807) is 28.9 Å². The molecule has 2 N–H and O–H groups in total. The van der Waals surface area contributed by atoms with E-state index in [9.17, 15) is 14.4 Å². The number of rotatable bonds is 9. The molecule has 38 heavy (non-hydrogen) atoms. The number of benzene rings is 2. The summed E-state index contributed by atoms with van der Waals surface area (Å²) < 4.78 is 16.7. The van der Waals surface area contributed by atoms with Gasteiger partial charge in [-0.25, -0.2) is 4.79 Å². The van der Waals surface area contributed by atoms with Crippen LogP contribution in [0, 0.1) is 0 Å². The Bertz CT molecular complexity index is 1290. The molecule has 1 fully saturated rings. The average Bonchev–Trinajstić information content (AvgIpc) is 2.94. The zero-order chi connectivity index (χ0) is 27.1. The Labute approximate surface area is 221 Å². The van der Waals surface area contributed by atoms with Gasteiger partial charge in [-0.2, -0.15) is 0 Å². The van der Waals surface area contributed by atoms with E-state index >= 15 is 0 Å². The molecule has 1 saturated heterocycles. The Morgan fingerprint density at radius 1 is 0.974 bits per heavy atom. The monoisotopic (exact) mass is 520 g/mol. The molecule has 4 rings (SSSR count). The minimum Gasteiger partial charge on any atom is -0.495 e. The van der Waals surface area contributed by atoms with Gasteiger partial charge in [0.05, 0.1) is 38.1 Å². The summed E-state index contributed by atoms with van der Waals surface area (Å²) in [6.45, 7) is 3.56. The largest absolute Gasteiger partial charge is 0.495 e. The predicted octanol–water partition coefficient (Wildman–Crippen LogP) is 2.94. The molecule has 1 aromatic heterocycles. The van der Waals surface area contributed by atoms with Gasteiger partial charge in [0.2, 0.25) is 5.91 Å². The number of ether oxygens (including phenoxy) is 3. The van der Waals surface area contributed by atoms with Crippen LogP contribution in [-0.4, -0.2) is 79.2 Å². The first-order valence-electron chi connectivity index (χ1n) is 12.5. The van der Waals surface area contributed by atoms with Gasteiger partial charge in [0, 0.05) is 31.6 Å². The number of carbonyl (C=O) groups excluding carboxylic acids is 3. The van der Waals surface area contributed by atoms with Crippen molar-refractivity contribution in [1.82, 2.24) is 14.8 Å². The summed E-state index contributed by atoms with van der Waals surface area (Å²) in [5.74, 6) is -1.67. The van der Waals surface area contributed by atoms with Gasteiger partial charge in [0.15, 0.2) is 0 Å². The van der Waals surface area contributed by atoms with Gasteiger partial charge < -0.3 is 29.7 Å². The van der Waals surface area contributed by atoms with Crippen LogP contribution >= 0.6 is 0 Å². The Kier molecular flexibility index (Phi) is 8.75. The fourth-order valence-electron chi connectivity index (χ4n) is 4.58. The average molecular weight is 521 g/mol. The number of pyridine rings is 1. The highest BCUT2D eigenvalue weighted by Crippen LogP contribution is 2.35. The first-order chi connectivity index (χ1) is 18.4. The lowest BCUT2D eigenvalue weighted by Gasteiger charge is -2.36. The molecule has 1 unspecified atom stereocenters. The molecule has 0 aliphatic carbocycles. The predicted molar refractivity (Wildman–Crippen MR) is 141 cm³/mol. The third-order valence-corrected chi connectivity index (χ3v) is 6.46. The summed E-state index contributed by atoms with van der Waals surface area (Å²) >= 11 is 0. The molecule has 0 spiro atoms. The topological polar surface area (TPSA) is 124 Å². The number of hydrogen-bond donors (Lipinski definition) is 1. The molecular weight excluding hydrogens is 488 g/mol. The lowest BCUT2D eigenvalue weighted by atomic mass is 9.95. The van der Waals surface area contributed by atoms with Crippen molar-refractivity contribution < 1.29 is 28.6 Å². The Morgan fingerprint density at radius 3 is 2.29 bits per heavy atom. The van der Waals surface area contributed by atoms with E-state index in [1.807, 2.05) is 42.5 Å². The Balaban J connectivity index is 1.67. The highest BCUT2D eigenvalue weighted by molar-refractivity contribution is 6.04. The lowest BCUT2D eigenvalue weighted by molar-refractivity contribution is -0.136. The highest BCUT2D eigenvalue weighted by Gasteiger charge is 2.35. The third kappa shape index (κ3) is 5.86. The molecule has 10 nitrogen and oxygen atoms in total. The van der Waals surface area contributed by atoms with Crippen molar-refractivity contribution in [1.29, 1.82) is 0 Å². The molecule has 1 aliphatic heterocycles. The number of fused-ring (bicyclic) bond motifs is 1. The van der Waals surface area contributed by atoms with Crippen molar-refractivity contribution in [2.75, 3.05) is 46.5 Å². The van der Waals surface area contributed by atoms with Crippen LogP contribution in [0.4, 0.5) is 4.79 Å². The van der Waals surface area contributed by atoms with Crippen LogP contribution in [0.15, 0.2) is 54.6 Å². The van der Waals surface area contributed by atoms with Crippen LogP contribution in [0.1, 0.15) is 34.5 Å². The summed E-state index contributed by atoms with van der Waals surface area (Å²) in [6.07, 6.45) is -0.403. The molecule has 2 heterocycles. The molecule has 0 saturated carbocycles. The molecule has 0 bridgehead atoms. The maximum Gasteiger partial charge on any atom is 0.409 e. The van der Waals surface area contributed by atoms with Gasteiger partial charge in [-0.15, -0.1) is 0 Å². The first kappa shape index (κ1) is 26.9. The molecule has 1 atom stereocenters. The number of amides is 3. The molecule has 2 aromatic carbocycles. The maximum atomic E-state index is 13.9. The van der Waals surface area contributed by atoms with Crippen molar-refractivity contribution in [2.45, 2.75) is 19.4 Å². The SMILES string of the molecule is CCOC(=O)N1CCN(C(=O)C(COCc2ccccc2)c2nc3ccccc3c(OC)c2C(N)=O)CC1. The number of methoxy groups -OCH3 is 1. The zero-order valence-corrected chi connectivity index (χ0v) is 21.6. The van der Waals surface area contributed by atoms with Crippen LogP contribution in [0.25, 0.3) is 10.9 Å². The molecule has 3 amide bonds. The van der Waals surface area contributed by atoms with Crippen molar-refractivity contribution in [3.05, 3.63) is 71.4 Å². The van der Waals surface area contributed by atoms with Gasteiger partial charge in [-0.05, 0) is 24.6 Å². The van der Waals surface area contributed by atoms with E-state index in [1.165, 1.54) is 7.11 Å². The minimum atomic E-state index is -0.922. The Hall–Kier alpha value is -4.18. The van der Waals surface area contributed by atoms with Crippen LogP contribution in [0.5, 0.6) is 5.75 Å². The van der Waals surface area contributed by atoms with Crippen LogP contribution in [-0.2, 0) is 20.9 Å². The fourth-order valence-corrected chi connectivity index (χ4v) is 4.58. The molecular formula is C28H32N4O6. The maximum absolute atomic E-state index is 13.9. The van der Waals surface area contributed by atoms with Crippen LogP contribution < -0.4 is 10.5 Å². The summed E-state index contributed by atoms with van der Waals surface area (Å²) in [6, 6.07) is 16.8. The van der Waals surface area contributed by atoms with Gasteiger partial charge >= 0.3 is 6.09 Å².